The molecule has 100 valence electrons. The van der Waals surface area contributed by atoms with Gasteiger partial charge < -0.3 is 14.8 Å². The smallest absolute Gasteiger partial charge is 0.302 e. The predicted octanol–water partition coefficient (Wildman–Crippen LogP) is 1.92. The minimum absolute atomic E-state index is 0.127. The maximum absolute atomic E-state index is 10.3. The number of rotatable bonds is 2. The molecule has 0 saturated carbocycles. The topological polar surface area (TPSA) is 47.6 Å². The Bertz CT molecular complexity index is 356. The van der Waals surface area contributed by atoms with Crippen LogP contribution in [0, 0.1) is 6.92 Å². The normalized spacial score (nSPS) is 17.6. The van der Waals surface area contributed by atoms with Crippen LogP contribution in [0.3, 0.4) is 0 Å². The van der Waals surface area contributed by atoms with E-state index in [4.69, 9.17) is 9.47 Å². The number of nitrogens with one attached hydrogen (secondary N) is 1. The van der Waals surface area contributed by atoms with E-state index < -0.39 is 0 Å². The lowest BCUT2D eigenvalue weighted by Crippen LogP contribution is -2.18. The number of benzene rings is 1. The van der Waals surface area contributed by atoms with Gasteiger partial charge in [-0.15, -0.1) is 0 Å². The van der Waals surface area contributed by atoms with E-state index >= 15 is 0 Å². The molecule has 1 saturated heterocycles. The van der Waals surface area contributed by atoms with Gasteiger partial charge in [-0.2, -0.15) is 0 Å². The number of hydrogen-bond donors (Lipinski definition) is 1. The van der Waals surface area contributed by atoms with Crippen molar-refractivity contribution < 1.29 is 14.3 Å². The van der Waals surface area contributed by atoms with Gasteiger partial charge in [0.2, 0.25) is 0 Å². The number of ether oxygens (including phenoxy) is 2. The summed E-state index contributed by atoms with van der Waals surface area (Å²) in [5, 5.41) is 3.10. The zero-order chi connectivity index (χ0) is 13.4. The van der Waals surface area contributed by atoms with Crippen LogP contribution in [-0.2, 0) is 9.53 Å². The third-order valence-corrected chi connectivity index (χ3v) is 2.60. The second kappa shape index (κ2) is 7.71. The highest BCUT2D eigenvalue weighted by Crippen LogP contribution is 2.09. The summed E-state index contributed by atoms with van der Waals surface area (Å²) < 4.78 is 9.88. The van der Waals surface area contributed by atoms with Gasteiger partial charge in [0, 0.05) is 13.5 Å². The summed E-state index contributed by atoms with van der Waals surface area (Å²) in [4.78, 5) is 10.3. The number of aryl methyl sites for hydroxylation is 1. The monoisotopic (exact) mass is 251 g/mol. The first-order valence-corrected chi connectivity index (χ1v) is 6.10. The third-order valence-electron chi connectivity index (χ3n) is 2.60. The first-order chi connectivity index (χ1) is 8.61. The summed E-state index contributed by atoms with van der Waals surface area (Å²) in [6.45, 7) is 5.29. The van der Waals surface area contributed by atoms with Crippen molar-refractivity contribution in [1.29, 1.82) is 0 Å². The summed E-state index contributed by atoms with van der Waals surface area (Å²) in [5.74, 6) is 0.740. The highest BCUT2D eigenvalue weighted by atomic mass is 16.5. The first kappa shape index (κ1) is 14.5. The van der Waals surface area contributed by atoms with Gasteiger partial charge in [-0.1, -0.05) is 17.7 Å². The molecule has 1 aromatic rings. The van der Waals surface area contributed by atoms with E-state index in [0.29, 0.717) is 0 Å². The van der Waals surface area contributed by atoms with Crippen LogP contribution < -0.4 is 10.1 Å². The van der Waals surface area contributed by atoms with Gasteiger partial charge in [-0.05, 0) is 32.0 Å². The van der Waals surface area contributed by atoms with Crippen molar-refractivity contribution in [2.45, 2.75) is 26.4 Å². The van der Waals surface area contributed by atoms with Crippen LogP contribution in [0.15, 0.2) is 24.3 Å². The van der Waals surface area contributed by atoms with E-state index in [0.717, 1.165) is 25.3 Å². The quantitative estimate of drug-likeness (QED) is 0.816. The summed E-state index contributed by atoms with van der Waals surface area (Å²) in [7, 11) is 1.67. The van der Waals surface area contributed by atoms with Crippen molar-refractivity contribution in [2.24, 2.45) is 0 Å². The van der Waals surface area contributed by atoms with Gasteiger partial charge in [0.15, 0.2) is 0 Å². The highest BCUT2D eigenvalue weighted by molar-refractivity contribution is 5.66. The maximum Gasteiger partial charge on any atom is 0.302 e. The van der Waals surface area contributed by atoms with Crippen molar-refractivity contribution in [3.8, 4) is 5.75 Å². The zero-order valence-corrected chi connectivity index (χ0v) is 11.2. The molecule has 4 heteroatoms. The van der Waals surface area contributed by atoms with Gasteiger partial charge in [0.1, 0.15) is 11.9 Å². The molecule has 1 atom stereocenters. The molecule has 1 aliphatic heterocycles. The lowest BCUT2D eigenvalue weighted by Gasteiger charge is -2.06. The summed E-state index contributed by atoms with van der Waals surface area (Å²) in [6, 6.07) is 7.96. The van der Waals surface area contributed by atoms with Gasteiger partial charge in [0.25, 0.3) is 0 Å². The van der Waals surface area contributed by atoms with E-state index in [1.54, 1.807) is 7.11 Å². The Balaban J connectivity index is 0.000000180. The molecule has 0 aliphatic carbocycles. The number of methoxy groups -OCH3 is 1. The fourth-order valence-corrected chi connectivity index (χ4v) is 1.64. The van der Waals surface area contributed by atoms with Crippen LogP contribution in [-0.4, -0.2) is 32.3 Å². The molecule has 0 bridgehead atoms. The highest BCUT2D eigenvalue weighted by Gasteiger charge is 2.15. The van der Waals surface area contributed by atoms with Crippen molar-refractivity contribution in [3.63, 3.8) is 0 Å². The molecule has 0 spiro atoms. The molecular formula is C14H21NO3. The molecule has 18 heavy (non-hydrogen) atoms. The Kier molecular flexibility index (Phi) is 6.22. The number of esters is 1. The van der Waals surface area contributed by atoms with Crippen LogP contribution in [0.2, 0.25) is 0 Å². The standard InChI is InChI=1S/C8H10O.C6H11NO2/c1-7-3-5-8(9-2)6-4-7;1-5(8)9-6-2-3-7-4-6/h3-6H,1-2H3;6-7H,2-4H2,1H3. The molecule has 1 aromatic carbocycles. The van der Waals surface area contributed by atoms with Crippen LogP contribution in [0.25, 0.3) is 0 Å². The minimum Gasteiger partial charge on any atom is -0.497 e. The fourth-order valence-electron chi connectivity index (χ4n) is 1.64. The largest absolute Gasteiger partial charge is 0.497 e. The van der Waals surface area contributed by atoms with Crippen LogP contribution in [0.1, 0.15) is 18.9 Å². The average Bonchev–Trinajstić information content (AvgIpc) is 2.83. The predicted molar refractivity (Wildman–Crippen MR) is 70.8 cm³/mol. The summed E-state index contributed by atoms with van der Waals surface area (Å²) >= 11 is 0. The zero-order valence-electron chi connectivity index (χ0n) is 11.2. The molecule has 1 aliphatic rings. The average molecular weight is 251 g/mol. The van der Waals surface area contributed by atoms with Crippen molar-refractivity contribution in [1.82, 2.24) is 5.32 Å². The van der Waals surface area contributed by atoms with Crippen LogP contribution in [0.5, 0.6) is 5.75 Å². The molecular weight excluding hydrogens is 230 g/mol. The van der Waals surface area contributed by atoms with E-state index in [1.165, 1.54) is 12.5 Å². The van der Waals surface area contributed by atoms with Crippen LogP contribution in [0.4, 0.5) is 0 Å². The lowest BCUT2D eigenvalue weighted by atomic mass is 10.2. The molecule has 1 N–H and O–H groups in total. The van der Waals surface area contributed by atoms with Gasteiger partial charge in [-0.3, -0.25) is 4.79 Å². The minimum atomic E-state index is -0.177. The van der Waals surface area contributed by atoms with Crippen LogP contribution >= 0.6 is 0 Å². The van der Waals surface area contributed by atoms with Gasteiger partial charge in [0.05, 0.1) is 7.11 Å². The Labute approximate surface area is 108 Å². The maximum atomic E-state index is 10.3. The van der Waals surface area contributed by atoms with Crippen molar-refractivity contribution in [3.05, 3.63) is 29.8 Å². The fraction of sp³-hybridized carbons (Fsp3) is 0.500. The van der Waals surface area contributed by atoms with Gasteiger partial charge >= 0.3 is 5.97 Å². The summed E-state index contributed by atoms with van der Waals surface area (Å²) in [5.41, 5.74) is 1.26. The molecule has 4 nitrogen and oxygen atoms in total. The van der Waals surface area contributed by atoms with Crippen molar-refractivity contribution in [2.75, 3.05) is 20.2 Å². The molecule has 1 heterocycles. The van der Waals surface area contributed by atoms with E-state index in [2.05, 4.69) is 12.2 Å². The lowest BCUT2D eigenvalue weighted by molar-refractivity contribution is -0.145. The Morgan fingerprint density at radius 1 is 1.33 bits per heavy atom. The first-order valence-electron chi connectivity index (χ1n) is 6.10. The number of carbonyl (C=O) groups excluding carboxylic acids is 1. The second-order valence-electron chi connectivity index (χ2n) is 4.24. The number of hydrogen-bond acceptors (Lipinski definition) is 4. The number of carbonyl (C=O) groups is 1. The SMILES string of the molecule is CC(=O)OC1CCNC1.COc1ccc(C)cc1. The molecule has 0 radical (unpaired) electrons. The molecule has 1 unspecified atom stereocenters. The summed E-state index contributed by atoms with van der Waals surface area (Å²) in [6.07, 6.45) is 1.09. The third kappa shape index (κ3) is 5.68. The molecule has 1 fully saturated rings. The second-order valence-corrected chi connectivity index (χ2v) is 4.24. The Hall–Kier alpha value is -1.55. The Morgan fingerprint density at radius 3 is 2.44 bits per heavy atom. The van der Waals surface area contributed by atoms with E-state index in [1.807, 2.05) is 24.3 Å². The molecule has 0 aromatic heterocycles. The molecule has 2 rings (SSSR count). The van der Waals surface area contributed by atoms with E-state index in [9.17, 15) is 4.79 Å². The Morgan fingerprint density at radius 2 is 2.00 bits per heavy atom. The van der Waals surface area contributed by atoms with Crippen molar-refractivity contribution >= 4 is 5.97 Å². The van der Waals surface area contributed by atoms with E-state index in [-0.39, 0.29) is 12.1 Å². The molecule has 0 amide bonds. The van der Waals surface area contributed by atoms with Gasteiger partial charge in [-0.25, -0.2) is 0 Å².